The van der Waals surface area contributed by atoms with Crippen LogP contribution in [0.25, 0.3) is 16.6 Å². The Morgan fingerprint density at radius 3 is 2.33 bits per heavy atom. The van der Waals surface area contributed by atoms with Crippen LogP contribution >= 0.6 is 11.8 Å². The summed E-state index contributed by atoms with van der Waals surface area (Å²) in [5.41, 5.74) is 3.48. The molecule has 3 aromatic carbocycles. The monoisotopic (exact) mass is 545 g/mol. The van der Waals surface area contributed by atoms with E-state index in [1.54, 1.807) is 16.3 Å². The number of benzene rings is 3. The Hall–Kier alpha value is -3.13. The Morgan fingerprint density at radius 2 is 1.69 bits per heavy atom. The molecule has 39 heavy (non-hydrogen) atoms. The van der Waals surface area contributed by atoms with Crippen LogP contribution in [-0.2, 0) is 6.42 Å². The second-order valence-corrected chi connectivity index (χ2v) is 10.8. The van der Waals surface area contributed by atoms with Crippen molar-refractivity contribution in [3.63, 3.8) is 0 Å². The van der Waals surface area contributed by atoms with Crippen LogP contribution < -0.4 is 15.8 Å². The van der Waals surface area contributed by atoms with E-state index in [-0.39, 0.29) is 11.6 Å². The first-order valence-electron chi connectivity index (χ1n) is 14.1. The van der Waals surface area contributed by atoms with E-state index in [1.807, 2.05) is 48.5 Å². The normalized spacial score (nSPS) is 13.8. The van der Waals surface area contributed by atoms with E-state index in [2.05, 4.69) is 56.6 Å². The smallest absolute Gasteiger partial charge is 0.271 e. The predicted octanol–water partition coefficient (Wildman–Crippen LogP) is 5.58. The third-order valence-corrected chi connectivity index (χ3v) is 8.13. The van der Waals surface area contributed by atoms with Crippen LogP contribution in [0.1, 0.15) is 63.9 Å². The predicted molar refractivity (Wildman–Crippen MR) is 163 cm³/mol. The number of quaternary nitrogens is 1. The van der Waals surface area contributed by atoms with Crippen LogP contribution in [-0.4, -0.2) is 33.8 Å². The van der Waals surface area contributed by atoms with Crippen LogP contribution in [0.4, 0.5) is 5.69 Å². The van der Waals surface area contributed by atoms with Gasteiger partial charge in [0.05, 0.1) is 23.1 Å². The van der Waals surface area contributed by atoms with Gasteiger partial charge in [0.25, 0.3) is 11.9 Å². The minimum atomic E-state index is -0.869. The van der Waals surface area contributed by atoms with Gasteiger partial charge >= 0.3 is 0 Å². The van der Waals surface area contributed by atoms with Crippen molar-refractivity contribution < 1.29 is 10.0 Å². The van der Waals surface area contributed by atoms with Gasteiger partial charge in [-0.3, -0.25) is 14.3 Å². The van der Waals surface area contributed by atoms with Gasteiger partial charge in [-0.1, -0.05) is 51.5 Å². The number of thioether (sulfide) groups is 1. The average molecular weight is 546 g/mol. The highest BCUT2D eigenvalue weighted by molar-refractivity contribution is 7.98. The number of aromatic nitrogens is 2. The summed E-state index contributed by atoms with van der Waals surface area (Å²) < 4.78 is 1.76. The third kappa shape index (κ3) is 6.72. The van der Waals surface area contributed by atoms with Crippen LogP contribution in [0.5, 0.6) is 0 Å². The molecule has 0 saturated heterocycles. The molecule has 4 aromatic rings. The number of fused-ring (bicyclic) bond motifs is 1. The first-order chi connectivity index (χ1) is 19.0. The standard InChI is InChI=1S/C32H40N4O2S/c1-5-8-11-22-35(32(38)33-24-16-20-26(39-4)21-17-24)29(7-3)30-34-28-13-10-9-12-27(28)31(37)36(30)25-18-14-23(6-2)15-19-25/h9-10,12-21,29,32-33,38H,5-8,11,22H2,1-4H3/p+1/t29?,32-/m0/s1. The molecule has 0 aliphatic heterocycles. The molecular formula is C32H41N4O2S+. The molecule has 1 heterocycles. The maximum atomic E-state index is 14.0. The lowest BCUT2D eigenvalue weighted by molar-refractivity contribution is -0.973. The van der Waals surface area contributed by atoms with Crippen molar-refractivity contribution in [2.45, 2.75) is 70.2 Å². The van der Waals surface area contributed by atoms with Crippen molar-refractivity contribution in [3.8, 4) is 5.69 Å². The van der Waals surface area contributed by atoms with Crippen molar-refractivity contribution in [1.82, 2.24) is 9.55 Å². The lowest BCUT2D eigenvalue weighted by atomic mass is 10.1. The fraction of sp³-hybridized carbons (Fsp3) is 0.375. The minimum Gasteiger partial charge on any atom is -0.327 e. The summed E-state index contributed by atoms with van der Waals surface area (Å²) in [5, 5.41) is 15.5. The van der Waals surface area contributed by atoms with E-state index < -0.39 is 6.35 Å². The Morgan fingerprint density at radius 1 is 0.974 bits per heavy atom. The van der Waals surface area contributed by atoms with Crippen molar-refractivity contribution in [3.05, 3.63) is 94.5 Å². The summed E-state index contributed by atoms with van der Waals surface area (Å²) in [4.78, 5) is 21.2. The highest BCUT2D eigenvalue weighted by Gasteiger charge is 2.33. The molecule has 2 unspecified atom stereocenters. The number of para-hydroxylation sites is 1. The van der Waals surface area contributed by atoms with Gasteiger partial charge in [0.1, 0.15) is 6.04 Å². The summed E-state index contributed by atoms with van der Waals surface area (Å²) in [6.45, 7) is 7.16. The third-order valence-electron chi connectivity index (χ3n) is 7.39. The summed E-state index contributed by atoms with van der Waals surface area (Å²) in [6.07, 6.45) is 5.96. The molecule has 0 bridgehead atoms. The molecule has 4 rings (SSSR count). The van der Waals surface area contributed by atoms with Gasteiger partial charge < -0.3 is 10.4 Å². The van der Waals surface area contributed by atoms with Crippen molar-refractivity contribution in [2.24, 2.45) is 0 Å². The number of rotatable bonds is 13. The number of hydrogen-bond donors (Lipinski definition) is 3. The van der Waals surface area contributed by atoms with Crippen LogP contribution in [0.15, 0.2) is 82.5 Å². The summed E-state index contributed by atoms with van der Waals surface area (Å²) in [5.74, 6) is 0.676. The van der Waals surface area contributed by atoms with Crippen molar-refractivity contribution in [2.75, 3.05) is 18.1 Å². The van der Waals surface area contributed by atoms with Crippen molar-refractivity contribution in [1.29, 1.82) is 0 Å². The number of aryl methyl sites for hydroxylation is 1. The quantitative estimate of drug-likeness (QED) is 0.116. The number of unbranched alkanes of at least 4 members (excludes halogenated alkanes) is 2. The van der Waals surface area contributed by atoms with Gasteiger partial charge in [0.2, 0.25) is 0 Å². The lowest BCUT2D eigenvalue weighted by Gasteiger charge is -2.33. The highest BCUT2D eigenvalue weighted by atomic mass is 32.2. The molecule has 0 spiro atoms. The van der Waals surface area contributed by atoms with Gasteiger partial charge in [-0.15, -0.1) is 11.8 Å². The lowest BCUT2D eigenvalue weighted by Crippen LogP contribution is -3.17. The summed E-state index contributed by atoms with van der Waals surface area (Å²) in [6, 6.07) is 23.6. The Kier molecular flexibility index (Phi) is 10.2. The Labute approximate surface area is 236 Å². The number of anilines is 1. The highest BCUT2D eigenvalue weighted by Crippen LogP contribution is 2.21. The molecule has 3 atom stereocenters. The first kappa shape index (κ1) is 28.9. The molecule has 0 fully saturated rings. The topological polar surface area (TPSA) is 71.6 Å². The molecule has 0 aliphatic rings. The maximum Gasteiger partial charge on any atom is 0.271 e. The van der Waals surface area contributed by atoms with Crippen LogP contribution in [0.3, 0.4) is 0 Å². The van der Waals surface area contributed by atoms with E-state index in [0.717, 1.165) is 48.5 Å². The van der Waals surface area contributed by atoms with Gasteiger partial charge in [-0.25, -0.2) is 4.98 Å². The van der Waals surface area contributed by atoms with E-state index >= 15 is 0 Å². The summed E-state index contributed by atoms with van der Waals surface area (Å²) >= 11 is 1.69. The molecule has 3 N–H and O–H groups in total. The molecule has 0 saturated carbocycles. The molecule has 0 radical (unpaired) electrons. The van der Waals surface area contributed by atoms with Gasteiger partial charge in [0, 0.05) is 17.0 Å². The van der Waals surface area contributed by atoms with E-state index in [0.29, 0.717) is 23.1 Å². The first-order valence-corrected chi connectivity index (χ1v) is 15.3. The van der Waals surface area contributed by atoms with Gasteiger partial charge in [-0.2, -0.15) is 0 Å². The number of nitrogens with one attached hydrogen (secondary N) is 2. The second-order valence-electron chi connectivity index (χ2n) is 9.92. The Bertz CT molecular complexity index is 1400. The number of aliphatic hydroxyl groups excluding tert-OH is 1. The van der Waals surface area contributed by atoms with Gasteiger partial charge in [0.15, 0.2) is 5.82 Å². The molecule has 1 aromatic heterocycles. The van der Waals surface area contributed by atoms with Gasteiger partial charge in [-0.05, 0) is 79.6 Å². The zero-order valence-electron chi connectivity index (χ0n) is 23.5. The van der Waals surface area contributed by atoms with E-state index in [9.17, 15) is 9.90 Å². The fourth-order valence-corrected chi connectivity index (χ4v) is 5.55. The largest absolute Gasteiger partial charge is 0.327 e. The van der Waals surface area contributed by atoms with E-state index in [4.69, 9.17) is 4.98 Å². The molecule has 206 valence electrons. The van der Waals surface area contributed by atoms with Crippen LogP contribution in [0.2, 0.25) is 0 Å². The minimum absolute atomic E-state index is 0.0821. The van der Waals surface area contributed by atoms with E-state index in [1.165, 1.54) is 10.5 Å². The average Bonchev–Trinajstić information content (AvgIpc) is 2.97. The molecular weight excluding hydrogens is 504 g/mol. The number of aliphatic hydroxyl groups is 1. The number of nitrogens with zero attached hydrogens (tertiary/aromatic N) is 2. The summed E-state index contributed by atoms with van der Waals surface area (Å²) in [7, 11) is 0. The number of hydrogen-bond acceptors (Lipinski definition) is 5. The maximum absolute atomic E-state index is 14.0. The SMILES string of the molecule is CCCCC[NH+](C(CC)c1nc2ccccc2c(=O)n1-c1ccc(CC)cc1)[C@@H](O)Nc1ccc(SC)cc1. The second kappa shape index (κ2) is 13.8. The zero-order valence-corrected chi connectivity index (χ0v) is 24.3. The molecule has 0 amide bonds. The van der Waals surface area contributed by atoms with Crippen LogP contribution in [0, 0.1) is 0 Å². The molecule has 0 aliphatic carbocycles. The zero-order chi connectivity index (χ0) is 27.8. The fourth-order valence-electron chi connectivity index (χ4n) is 5.14. The Balaban J connectivity index is 1.81. The molecule has 6 nitrogen and oxygen atoms in total. The molecule has 7 heteroatoms. The van der Waals surface area contributed by atoms with Crippen molar-refractivity contribution >= 4 is 28.4 Å².